The van der Waals surface area contributed by atoms with Crippen LogP contribution >= 0.6 is 45.8 Å². The van der Waals surface area contributed by atoms with E-state index in [0.717, 1.165) is 35.1 Å². The Morgan fingerprint density at radius 3 is 2.07 bits per heavy atom. The number of aromatic nitrogens is 4. The van der Waals surface area contributed by atoms with Crippen LogP contribution in [0.2, 0.25) is 10.3 Å². The minimum Gasteiger partial charge on any atom is -0.429 e. The van der Waals surface area contributed by atoms with Crippen LogP contribution in [0.1, 0.15) is 37.2 Å². The molecule has 2 aliphatic rings. The zero-order valence-corrected chi connectivity index (χ0v) is 19.6. The van der Waals surface area contributed by atoms with Crippen LogP contribution in [0.15, 0.2) is 48.8 Å². The topological polar surface area (TPSA) is 64.1 Å². The molecule has 0 spiro atoms. The fourth-order valence-corrected chi connectivity index (χ4v) is 4.01. The molecule has 6 nitrogen and oxygen atoms in total. The highest BCUT2D eigenvalue weighted by molar-refractivity contribution is 14.1. The molecule has 1 N–H and O–H groups in total. The Morgan fingerprint density at radius 2 is 1.53 bits per heavy atom. The highest BCUT2D eigenvalue weighted by Gasteiger charge is 2.29. The fourth-order valence-electron chi connectivity index (χ4n) is 2.97. The zero-order valence-electron chi connectivity index (χ0n) is 16.0. The monoisotopic (exact) mass is 555 g/mol. The summed E-state index contributed by atoms with van der Waals surface area (Å²) in [4.78, 5) is 0. The third kappa shape index (κ3) is 5.29. The van der Waals surface area contributed by atoms with Crippen LogP contribution in [-0.4, -0.2) is 38.0 Å². The molecule has 0 aliphatic heterocycles. The lowest BCUT2D eigenvalue weighted by Gasteiger charge is -1.94. The number of hydrogen-bond donors (Lipinski definition) is 1. The Hall–Kier alpha value is -1.33. The quantitative estimate of drug-likeness (QED) is 0.281. The number of nitrogens with zero attached hydrogens (tertiary/aromatic N) is 4. The van der Waals surface area contributed by atoms with Gasteiger partial charge in [-0.2, -0.15) is 10.2 Å². The van der Waals surface area contributed by atoms with Gasteiger partial charge in [-0.3, -0.25) is 0 Å². The second-order valence-corrected chi connectivity index (χ2v) is 8.88. The summed E-state index contributed by atoms with van der Waals surface area (Å²) < 4.78 is 9.21. The molecule has 0 atom stereocenters. The van der Waals surface area contributed by atoms with Gasteiger partial charge in [0.25, 0.3) is 0 Å². The van der Waals surface area contributed by atoms with E-state index in [0.29, 0.717) is 22.3 Å². The SMILES string of the molecule is Clc1nn2ccccc2c1C1CC1.Clc1nn2ccccc2c1I.O[B]OC1CC1. The van der Waals surface area contributed by atoms with Crippen LogP contribution in [0, 0.1) is 3.57 Å². The van der Waals surface area contributed by atoms with Crippen molar-refractivity contribution in [2.24, 2.45) is 0 Å². The molecule has 10 heteroatoms. The number of hydrogen-bond acceptors (Lipinski definition) is 4. The summed E-state index contributed by atoms with van der Waals surface area (Å²) in [6.45, 7) is 0. The highest BCUT2D eigenvalue weighted by atomic mass is 127. The Bertz CT molecular complexity index is 1140. The highest BCUT2D eigenvalue weighted by Crippen LogP contribution is 2.44. The Balaban J connectivity index is 0.000000116. The summed E-state index contributed by atoms with van der Waals surface area (Å²) in [6.07, 6.45) is 8.89. The first-order valence-electron chi connectivity index (χ1n) is 9.61. The minimum atomic E-state index is 0.343. The molecule has 6 rings (SSSR count). The smallest absolute Gasteiger partial charge is 0.429 e. The zero-order chi connectivity index (χ0) is 21.1. The van der Waals surface area contributed by atoms with Gasteiger partial charge in [-0.15, -0.1) is 0 Å². The molecule has 30 heavy (non-hydrogen) atoms. The van der Waals surface area contributed by atoms with Gasteiger partial charge < -0.3 is 9.68 Å². The average Bonchev–Trinajstić information content (AvgIpc) is 3.68. The largest absolute Gasteiger partial charge is 0.485 e. The third-order valence-electron chi connectivity index (χ3n) is 4.74. The van der Waals surface area contributed by atoms with Crippen molar-refractivity contribution >= 4 is 64.5 Å². The standard InChI is InChI=1S/C10H9ClN2.C7H4ClIN2.C3H6BO2/c11-10-9(7-4-5-7)8-3-1-2-6-13(8)12-10;8-7-6(9)5-3-1-2-4-11(5)10-7;5-4-6-3-1-2-3/h1-3,6-7H,4-5H2;1-4H;3,5H,1-2H2. The van der Waals surface area contributed by atoms with Gasteiger partial charge in [-0.25, -0.2) is 9.03 Å². The van der Waals surface area contributed by atoms with Gasteiger partial charge >= 0.3 is 7.69 Å². The predicted octanol–water partition coefficient (Wildman–Crippen LogP) is 5.15. The van der Waals surface area contributed by atoms with Gasteiger partial charge in [0.15, 0.2) is 10.3 Å². The van der Waals surface area contributed by atoms with E-state index in [9.17, 15) is 0 Å². The van der Waals surface area contributed by atoms with E-state index in [-0.39, 0.29) is 0 Å². The van der Waals surface area contributed by atoms with E-state index in [1.54, 1.807) is 4.52 Å². The van der Waals surface area contributed by atoms with Crippen LogP contribution in [-0.2, 0) is 4.65 Å². The molecule has 0 bridgehead atoms. The van der Waals surface area contributed by atoms with Crippen molar-refractivity contribution in [2.75, 3.05) is 0 Å². The van der Waals surface area contributed by atoms with Gasteiger partial charge in [0.2, 0.25) is 0 Å². The molecule has 0 unspecified atom stereocenters. The molecule has 4 aromatic rings. The molecule has 0 amide bonds. The van der Waals surface area contributed by atoms with Crippen LogP contribution < -0.4 is 0 Å². The van der Waals surface area contributed by atoms with Gasteiger partial charge in [-0.1, -0.05) is 35.3 Å². The lowest BCUT2D eigenvalue weighted by molar-refractivity contribution is 0.271. The van der Waals surface area contributed by atoms with E-state index in [2.05, 4.69) is 43.5 Å². The molecule has 1 radical (unpaired) electrons. The van der Waals surface area contributed by atoms with Crippen molar-refractivity contribution < 1.29 is 9.68 Å². The molecule has 0 saturated heterocycles. The lowest BCUT2D eigenvalue weighted by Crippen LogP contribution is -1.97. The Kier molecular flexibility index (Phi) is 7.20. The maximum Gasteiger partial charge on any atom is 0.485 e. The van der Waals surface area contributed by atoms with Crippen molar-refractivity contribution in [3.63, 3.8) is 0 Å². The van der Waals surface area contributed by atoms with Gasteiger partial charge in [-0.05, 0) is 78.5 Å². The summed E-state index contributed by atoms with van der Waals surface area (Å²) in [7, 11) is 0.762. The maximum absolute atomic E-state index is 7.93. The van der Waals surface area contributed by atoms with Gasteiger partial charge in [0.05, 0.1) is 14.6 Å². The van der Waals surface area contributed by atoms with Crippen LogP contribution in [0.4, 0.5) is 0 Å². The number of rotatable bonds is 3. The number of halogens is 3. The second-order valence-electron chi connectivity index (χ2n) is 7.09. The Morgan fingerprint density at radius 1 is 0.933 bits per heavy atom. The summed E-state index contributed by atoms with van der Waals surface area (Å²) in [5.74, 6) is 0.660. The predicted molar refractivity (Wildman–Crippen MR) is 127 cm³/mol. The van der Waals surface area contributed by atoms with Crippen LogP contribution in [0.25, 0.3) is 11.0 Å². The fraction of sp³-hybridized carbons (Fsp3) is 0.300. The van der Waals surface area contributed by atoms with Crippen molar-refractivity contribution in [2.45, 2.75) is 37.7 Å². The van der Waals surface area contributed by atoms with E-state index in [1.807, 2.05) is 47.2 Å². The summed E-state index contributed by atoms with van der Waals surface area (Å²) >= 11 is 14.1. The maximum atomic E-state index is 7.93. The molecule has 4 aromatic heterocycles. The summed E-state index contributed by atoms with van der Waals surface area (Å²) in [5.41, 5.74) is 3.45. The molecule has 0 aromatic carbocycles. The van der Waals surface area contributed by atoms with E-state index >= 15 is 0 Å². The van der Waals surface area contributed by atoms with Crippen LogP contribution in [0.5, 0.6) is 0 Å². The third-order valence-corrected chi connectivity index (χ3v) is 6.66. The number of pyridine rings is 2. The first-order valence-corrected chi connectivity index (χ1v) is 11.4. The molecule has 155 valence electrons. The molecular formula is C20H19BCl2IN4O2. The van der Waals surface area contributed by atoms with Crippen molar-refractivity contribution in [3.8, 4) is 0 Å². The van der Waals surface area contributed by atoms with E-state index < -0.39 is 0 Å². The normalized spacial score (nSPS) is 15.3. The molecule has 2 fully saturated rings. The van der Waals surface area contributed by atoms with E-state index in [4.69, 9.17) is 28.2 Å². The van der Waals surface area contributed by atoms with E-state index in [1.165, 1.54) is 18.4 Å². The first kappa shape index (κ1) is 21.9. The first-order chi connectivity index (χ1) is 14.6. The minimum absolute atomic E-state index is 0.343. The summed E-state index contributed by atoms with van der Waals surface area (Å²) in [6, 6.07) is 11.9. The van der Waals surface area contributed by atoms with Crippen LogP contribution in [0.3, 0.4) is 0 Å². The molecule has 4 heterocycles. The molecule has 2 saturated carbocycles. The number of fused-ring (bicyclic) bond motifs is 2. The molecular weight excluding hydrogens is 537 g/mol. The Labute approximate surface area is 198 Å². The average molecular weight is 556 g/mol. The van der Waals surface area contributed by atoms with Crippen molar-refractivity contribution in [3.05, 3.63) is 68.2 Å². The molecule has 2 aliphatic carbocycles. The second kappa shape index (κ2) is 9.87. The van der Waals surface area contributed by atoms with Gasteiger partial charge in [0, 0.05) is 24.1 Å². The lowest BCUT2D eigenvalue weighted by atomic mass is 10.2. The summed E-state index contributed by atoms with van der Waals surface area (Å²) in [5, 5.41) is 17.5. The van der Waals surface area contributed by atoms with Gasteiger partial charge in [0.1, 0.15) is 0 Å². The van der Waals surface area contributed by atoms with Crippen molar-refractivity contribution in [1.82, 2.24) is 19.2 Å². The van der Waals surface area contributed by atoms with Crippen molar-refractivity contribution in [1.29, 1.82) is 0 Å².